The second-order valence-electron chi connectivity index (χ2n) is 3.28. The summed E-state index contributed by atoms with van der Waals surface area (Å²) in [5, 5.41) is 4.12. The van der Waals surface area contributed by atoms with Gasteiger partial charge in [0.1, 0.15) is 0 Å². The molecule has 0 aromatic heterocycles. The smallest absolute Gasteiger partial charge is 0.169 e. The van der Waals surface area contributed by atoms with Gasteiger partial charge in [-0.3, -0.25) is 0 Å². The molecule has 1 aliphatic heterocycles. The van der Waals surface area contributed by atoms with Crippen LogP contribution in [0.25, 0.3) is 0 Å². The molecule has 0 bridgehead atoms. The van der Waals surface area contributed by atoms with Crippen LogP contribution >= 0.6 is 12.2 Å². The first-order chi connectivity index (χ1) is 5.84. The molecule has 0 amide bonds. The van der Waals surface area contributed by atoms with Gasteiger partial charge in [0.2, 0.25) is 0 Å². The molecule has 1 heterocycles. The number of thiocarbonyl (C=S) groups is 1. The summed E-state index contributed by atoms with van der Waals surface area (Å²) in [6.45, 7) is 5.52. The molecule has 0 aromatic carbocycles. The van der Waals surface area contributed by atoms with E-state index in [4.69, 9.17) is 12.2 Å². The number of unbranched alkanes of at least 4 members (excludes halogenated alkanes) is 3. The number of nitrogens with zero attached hydrogens (tertiary/aromatic N) is 1. The highest BCUT2D eigenvalue weighted by molar-refractivity contribution is 7.80. The Balaban J connectivity index is 2.02. The molecule has 0 saturated carbocycles. The van der Waals surface area contributed by atoms with Crippen molar-refractivity contribution in [1.29, 1.82) is 0 Å². The lowest BCUT2D eigenvalue weighted by atomic mass is 10.2. The Labute approximate surface area is 80.3 Å². The van der Waals surface area contributed by atoms with E-state index in [0.717, 1.165) is 24.7 Å². The summed E-state index contributed by atoms with van der Waals surface area (Å²) < 4.78 is 0. The van der Waals surface area contributed by atoms with Crippen molar-refractivity contribution in [2.75, 3.05) is 19.6 Å². The Hall–Kier alpha value is -0.310. The average Bonchev–Trinajstić information content (AvgIpc) is 2.46. The minimum Gasteiger partial charge on any atom is -0.361 e. The summed E-state index contributed by atoms with van der Waals surface area (Å²) in [6, 6.07) is 0. The summed E-state index contributed by atoms with van der Waals surface area (Å²) in [5.74, 6) is 0. The van der Waals surface area contributed by atoms with Crippen LogP contribution in [0.5, 0.6) is 0 Å². The molecule has 1 fully saturated rings. The van der Waals surface area contributed by atoms with Crippen LogP contribution in [-0.4, -0.2) is 29.6 Å². The van der Waals surface area contributed by atoms with Crippen molar-refractivity contribution in [3.63, 3.8) is 0 Å². The van der Waals surface area contributed by atoms with E-state index in [0.29, 0.717) is 0 Å². The highest BCUT2D eigenvalue weighted by Crippen LogP contribution is 2.03. The third kappa shape index (κ3) is 2.97. The molecular formula is C9H18N2S. The number of hydrogen-bond acceptors (Lipinski definition) is 1. The van der Waals surface area contributed by atoms with Crippen LogP contribution in [0.15, 0.2) is 0 Å². The van der Waals surface area contributed by atoms with Crippen LogP contribution in [0.1, 0.15) is 32.6 Å². The molecule has 1 rings (SSSR count). The zero-order valence-electron chi connectivity index (χ0n) is 7.81. The van der Waals surface area contributed by atoms with Crippen LogP contribution < -0.4 is 5.32 Å². The quantitative estimate of drug-likeness (QED) is 0.520. The van der Waals surface area contributed by atoms with Gasteiger partial charge in [-0.05, 0) is 18.6 Å². The van der Waals surface area contributed by atoms with Gasteiger partial charge >= 0.3 is 0 Å². The van der Waals surface area contributed by atoms with Crippen molar-refractivity contribution in [2.24, 2.45) is 0 Å². The van der Waals surface area contributed by atoms with E-state index in [9.17, 15) is 0 Å². The fourth-order valence-electron chi connectivity index (χ4n) is 1.45. The predicted octanol–water partition coefficient (Wildman–Crippen LogP) is 1.76. The molecule has 12 heavy (non-hydrogen) atoms. The first kappa shape index (κ1) is 9.78. The van der Waals surface area contributed by atoms with Crippen molar-refractivity contribution in [2.45, 2.75) is 32.6 Å². The molecule has 1 aliphatic rings. The monoisotopic (exact) mass is 186 g/mol. The normalized spacial score (nSPS) is 16.8. The molecular weight excluding hydrogens is 168 g/mol. The van der Waals surface area contributed by atoms with E-state index in [1.807, 2.05) is 0 Å². The zero-order valence-corrected chi connectivity index (χ0v) is 8.62. The van der Waals surface area contributed by atoms with Crippen molar-refractivity contribution in [3.05, 3.63) is 0 Å². The molecule has 1 N–H and O–H groups in total. The first-order valence-corrected chi connectivity index (χ1v) is 5.28. The van der Waals surface area contributed by atoms with Gasteiger partial charge in [0, 0.05) is 19.6 Å². The molecule has 1 saturated heterocycles. The maximum atomic E-state index is 5.13. The van der Waals surface area contributed by atoms with E-state index >= 15 is 0 Å². The van der Waals surface area contributed by atoms with Crippen molar-refractivity contribution < 1.29 is 0 Å². The van der Waals surface area contributed by atoms with Crippen LogP contribution in [0.4, 0.5) is 0 Å². The molecule has 3 heteroatoms. The lowest BCUT2D eigenvalue weighted by molar-refractivity contribution is 0.443. The summed E-state index contributed by atoms with van der Waals surface area (Å²) in [4.78, 5) is 2.27. The molecule has 0 radical (unpaired) electrons. The van der Waals surface area contributed by atoms with Crippen LogP contribution in [0.3, 0.4) is 0 Å². The Kier molecular flexibility index (Phi) is 4.36. The SMILES string of the molecule is CCCCCCN1CCNC1=S. The highest BCUT2D eigenvalue weighted by atomic mass is 32.1. The second-order valence-corrected chi connectivity index (χ2v) is 3.67. The van der Waals surface area contributed by atoms with Gasteiger partial charge in [-0.1, -0.05) is 26.2 Å². The number of nitrogens with one attached hydrogen (secondary N) is 1. The Morgan fingerprint density at radius 1 is 1.42 bits per heavy atom. The van der Waals surface area contributed by atoms with Crippen LogP contribution in [0.2, 0.25) is 0 Å². The third-order valence-corrected chi connectivity index (χ3v) is 2.63. The number of rotatable bonds is 5. The van der Waals surface area contributed by atoms with Gasteiger partial charge in [-0.25, -0.2) is 0 Å². The van der Waals surface area contributed by atoms with Gasteiger partial charge < -0.3 is 10.2 Å². The van der Waals surface area contributed by atoms with E-state index < -0.39 is 0 Å². The second kappa shape index (κ2) is 5.36. The van der Waals surface area contributed by atoms with Gasteiger partial charge in [0.15, 0.2) is 5.11 Å². The molecule has 0 aliphatic carbocycles. The largest absolute Gasteiger partial charge is 0.361 e. The molecule has 2 nitrogen and oxygen atoms in total. The maximum absolute atomic E-state index is 5.13. The van der Waals surface area contributed by atoms with Crippen molar-refractivity contribution in [3.8, 4) is 0 Å². The fraction of sp³-hybridized carbons (Fsp3) is 0.889. The Morgan fingerprint density at radius 3 is 2.83 bits per heavy atom. The van der Waals surface area contributed by atoms with Crippen LogP contribution in [0, 0.1) is 0 Å². The predicted molar refractivity (Wildman–Crippen MR) is 56.3 cm³/mol. The summed E-state index contributed by atoms with van der Waals surface area (Å²) in [5.41, 5.74) is 0. The van der Waals surface area contributed by atoms with Crippen molar-refractivity contribution in [1.82, 2.24) is 10.2 Å². The Morgan fingerprint density at radius 2 is 2.25 bits per heavy atom. The molecule has 0 spiro atoms. The first-order valence-electron chi connectivity index (χ1n) is 4.87. The molecule has 0 unspecified atom stereocenters. The Bertz CT molecular complexity index is 147. The molecule has 70 valence electrons. The van der Waals surface area contributed by atoms with Gasteiger partial charge in [0.05, 0.1) is 0 Å². The van der Waals surface area contributed by atoms with Gasteiger partial charge in [-0.15, -0.1) is 0 Å². The van der Waals surface area contributed by atoms with Crippen molar-refractivity contribution >= 4 is 17.3 Å². The standard InChI is InChI=1S/C9H18N2S/c1-2-3-4-5-7-11-8-6-10-9(11)12/h2-8H2,1H3,(H,10,12). The van der Waals surface area contributed by atoms with Crippen LogP contribution in [-0.2, 0) is 0 Å². The van der Waals surface area contributed by atoms with E-state index in [1.165, 1.54) is 25.7 Å². The lowest BCUT2D eigenvalue weighted by Crippen LogP contribution is -2.28. The topological polar surface area (TPSA) is 15.3 Å². The maximum Gasteiger partial charge on any atom is 0.169 e. The van der Waals surface area contributed by atoms with Gasteiger partial charge in [-0.2, -0.15) is 0 Å². The van der Waals surface area contributed by atoms with Gasteiger partial charge in [0.25, 0.3) is 0 Å². The average molecular weight is 186 g/mol. The third-order valence-electron chi connectivity index (χ3n) is 2.23. The lowest BCUT2D eigenvalue weighted by Gasteiger charge is -2.15. The minimum absolute atomic E-state index is 0.950. The molecule has 0 atom stereocenters. The molecule has 0 aromatic rings. The highest BCUT2D eigenvalue weighted by Gasteiger charge is 2.13. The summed E-state index contributed by atoms with van der Waals surface area (Å²) in [6.07, 6.45) is 5.29. The summed E-state index contributed by atoms with van der Waals surface area (Å²) in [7, 11) is 0. The van der Waals surface area contributed by atoms with E-state index in [2.05, 4.69) is 17.1 Å². The van der Waals surface area contributed by atoms with E-state index in [1.54, 1.807) is 0 Å². The van der Waals surface area contributed by atoms with E-state index in [-0.39, 0.29) is 0 Å². The summed E-state index contributed by atoms with van der Waals surface area (Å²) >= 11 is 5.13. The zero-order chi connectivity index (χ0) is 8.81. The fourth-order valence-corrected chi connectivity index (χ4v) is 1.74. The minimum atomic E-state index is 0.950. The number of hydrogen-bond donors (Lipinski definition) is 1.